The van der Waals surface area contributed by atoms with Crippen molar-refractivity contribution in [3.8, 4) is 22.3 Å². The SMILES string of the molecule is CCC1(CC)c2ccccc2-c2cccc(-c3ccccc3)c21. The molecule has 0 heteroatoms. The third kappa shape index (κ3) is 1.91. The summed E-state index contributed by atoms with van der Waals surface area (Å²) >= 11 is 0. The van der Waals surface area contributed by atoms with Crippen LogP contribution in [0, 0.1) is 0 Å². The van der Waals surface area contributed by atoms with E-state index >= 15 is 0 Å². The highest BCUT2D eigenvalue weighted by atomic mass is 14.4. The fourth-order valence-corrected chi connectivity index (χ4v) is 4.41. The summed E-state index contributed by atoms with van der Waals surface area (Å²) in [7, 11) is 0. The molecular weight excluding hydrogens is 276 g/mol. The molecule has 3 aromatic rings. The molecule has 0 atom stereocenters. The zero-order valence-electron chi connectivity index (χ0n) is 13.8. The molecular formula is C23H22. The summed E-state index contributed by atoms with van der Waals surface area (Å²) in [5, 5.41) is 0. The van der Waals surface area contributed by atoms with Crippen LogP contribution in [0.2, 0.25) is 0 Å². The Labute approximate surface area is 138 Å². The second kappa shape index (κ2) is 5.38. The lowest BCUT2D eigenvalue weighted by atomic mass is 9.71. The summed E-state index contributed by atoms with van der Waals surface area (Å²) in [6.07, 6.45) is 2.27. The van der Waals surface area contributed by atoms with Crippen molar-refractivity contribution in [3.63, 3.8) is 0 Å². The van der Waals surface area contributed by atoms with Crippen molar-refractivity contribution in [1.29, 1.82) is 0 Å². The summed E-state index contributed by atoms with van der Waals surface area (Å²) < 4.78 is 0. The predicted molar refractivity (Wildman–Crippen MR) is 98.7 cm³/mol. The fourth-order valence-electron chi connectivity index (χ4n) is 4.41. The molecule has 23 heavy (non-hydrogen) atoms. The van der Waals surface area contributed by atoms with E-state index in [1.165, 1.54) is 33.4 Å². The summed E-state index contributed by atoms with van der Waals surface area (Å²) in [4.78, 5) is 0. The van der Waals surface area contributed by atoms with Crippen molar-refractivity contribution in [3.05, 3.63) is 83.9 Å². The van der Waals surface area contributed by atoms with Gasteiger partial charge < -0.3 is 0 Å². The first-order chi connectivity index (χ1) is 11.3. The quantitative estimate of drug-likeness (QED) is 0.522. The van der Waals surface area contributed by atoms with Crippen LogP contribution in [0.3, 0.4) is 0 Å². The van der Waals surface area contributed by atoms with Crippen molar-refractivity contribution in [2.24, 2.45) is 0 Å². The van der Waals surface area contributed by atoms with Gasteiger partial charge in [-0.1, -0.05) is 86.6 Å². The average molecular weight is 298 g/mol. The standard InChI is InChI=1S/C23H22/c1-3-23(4-2)21-16-9-8-13-19(21)20-15-10-14-18(22(20)23)17-11-6-5-7-12-17/h5-16H,3-4H2,1-2H3. The van der Waals surface area contributed by atoms with Gasteiger partial charge in [0, 0.05) is 5.41 Å². The number of hydrogen-bond acceptors (Lipinski definition) is 0. The highest BCUT2D eigenvalue weighted by molar-refractivity contribution is 5.88. The Kier molecular flexibility index (Phi) is 3.34. The Morgan fingerprint density at radius 1 is 0.609 bits per heavy atom. The molecule has 0 fully saturated rings. The first-order valence-electron chi connectivity index (χ1n) is 8.60. The molecule has 0 aromatic heterocycles. The molecule has 0 N–H and O–H groups in total. The third-order valence-electron chi connectivity index (χ3n) is 5.57. The molecule has 0 spiro atoms. The molecule has 0 aliphatic heterocycles. The van der Waals surface area contributed by atoms with E-state index in [0.717, 1.165) is 12.8 Å². The van der Waals surface area contributed by atoms with Gasteiger partial charge in [0.05, 0.1) is 0 Å². The van der Waals surface area contributed by atoms with Gasteiger partial charge in [-0.2, -0.15) is 0 Å². The maximum absolute atomic E-state index is 2.33. The fraction of sp³-hybridized carbons (Fsp3) is 0.217. The summed E-state index contributed by atoms with van der Waals surface area (Å²) in [6, 6.07) is 26.6. The van der Waals surface area contributed by atoms with Crippen LogP contribution in [0.15, 0.2) is 72.8 Å². The van der Waals surface area contributed by atoms with Crippen molar-refractivity contribution in [2.75, 3.05) is 0 Å². The molecule has 0 heterocycles. The molecule has 0 saturated carbocycles. The molecule has 0 saturated heterocycles. The Morgan fingerprint density at radius 2 is 1.22 bits per heavy atom. The first kappa shape index (κ1) is 14.3. The van der Waals surface area contributed by atoms with Crippen LogP contribution < -0.4 is 0 Å². The van der Waals surface area contributed by atoms with Crippen LogP contribution in [-0.2, 0) is 5.41 Å². The van der Waals surface area contributed by atoms with E-state index in [4.69, 9.17) is 0 Å². The van der Waals surface area contributed by atoms with E-state index < -0.39 is 0 Å². The molecule has 0 amide bonds. The minimum atomic E-state index is 0.137. The molecule has 0 radical (unpaired) electrons. The number of hydrogen-bond donors (Lipinski definition) is 0. The molecule has 3 aromatic carbocycles. The van der Waals surface area contributed by atoms with Crippen molar-refractivity contribution >= 4 is 0 Å². The minimum absolute atomic E-state index is 0.137. The average Bonchev–Trinajstić information content (AvgIpc) is 2.93. The van der Waals surface area contributed by atoms with E-state index in [2.05, 4.69) is 86.6 Å². The zero-order chi connectivity index (χ0) is 15.9. The number of rotatable bonds is 3. The molecule has 0 nitrogen and oxygen atoms in total. The molecule has 1 aliphatic carbocycles. The van der Waals surface area contributed by atoms with Crippen LogP contribution in [0.4, 0.5) is 0 Å². The number of benzene rings is 3. The maximum atomic E-state index is 2.33. The van der Waals surface area contributed by atoms with Crippen LogP contribution in [-0.4, -0.2) is 0 Å². The summed E-state index contributed by atoms with van der Waals surface area (Å²) in [5.74, 6) is 0. The lowest BCUT2D eigenvalue weighted by molar-refractivity contribution is 0.491. The van der Waals surface area contributed by atoms with Crippen molar-refractivity contribution in [1.82, 2.24) is 0 Å². The second-order valence-corrected chi connectivity index (χ2v) is 6.43. The smallest absolute Gasteiger partial charge is 0.0216 e. The van der Waals surface area contributed by atoms with Crippen molar-refractivity contribution < 1.29 is 0 Å². The highest BCUT2D eigenvalue weighted by Crippen LogP contribution is 2.55. The molecule has 4 rings (SSSR count). The van der Waals surface area contributed by atoms with Gasteiger partial charge in [-0.05, 0) is 46.2 Å². The summed E-state index contributed by atoms with van der Waals surface area (Å²) in [5.41, 5.74) is 8.72. The van der Waals surface area contributed by atoms with Gasteiger partial charge in [-0.25, -0.2) is 0 Å². The van der Waals surface area contributed by atoms with E-state index in [9.17, 15) is 0 Å². The van der Waals surface area contributed by atoms with Crippen LogP contribution in [0.25, 0.3) is 22.3 Å². The first-order valence-corrected chi connectivity index (χ1v) is 8.60. The van der Waals surface area contributed by atoms with Crippen molar-refractivity contribution in [2.45, 2.75) is 32.1 Å². The van der Waals surface area contributed by atoms with Gasteiger partial charge in [-0.15, -0.1) is 0 Å². The third-order valence-corrected chi connectivity index (χ3v) is 5.57. The summed E-state index contributed by atoms with van der Waals surface area (Å²) in [6.45, 7) is 4.66. The van der Waals surface area contributed by atoms with E-state index in [-0.39, 0.29) is 5.41 Å². The van der Waals surface area contributed by atoms with E-state index in [1.807, 2.05) is 0 Å². The zero-order valence-corrected chi connectivity index (χ0v) is 13.8. The van der Waals surface area contributed by atoms with Crippen LogP contribution in [0.1, 0.15) is 37.8 Å². The Hall–Kier alpha value is -2.34. The lowest BCUT2D eigenvalue weighted by Crippen LogP contribution is -2.23. The monoisotopic (exact) mass is 298 g/mol. The van der Waals surface area contributed by atoms with Crippen LogP contribution >= 0.6 is 0 Å². The van der Waals surface area contributed by atoms with Crippen LogP contribution in [0.5, 0.6) is 0 Å². The molecule has 1 aliphatic rings. The van der Waals surface area contributed by atoms with Gasteiger partial charge in [-0.3, -0.25) is 0 Å². The molecule has 114 valence electrons. The van der Waals surface area contributed by atoms with Gasteiger partial charge in [0.25, 0.3) is 0 Å². The Bertz CT molecular complexity index is 839. The van der Waals surface area contributed by atoms with E-state index in [0.29, 0.717) is 0 Å². The van der Waals surface area contributed by atoms with E-state index in [1.54, 1.807) is 0 Å². The van der Waals surface area contributed by atoms with Gasteiger partial charge >= 0.3 is 0 Å². The minimum Gasteiger partial charge on any atom is -0.0642 e. The van der Waals surface area contributed by atoms with Gasteiger partial charge in [0.1, 0.15) is 0 Å². The Morgan fingerprint density at radius 3 is 1.96 bits per heavy atom. The topological polar surface area (TPSA) is 0 Å². The Balaban J connectivity index is 2.08. The lowest BCUT2D eigenvalue weighted by Gasteiger charge is -2.31. The predicted octanol–water partition coefficient (Wildman–Crippen LogP) is 6.44. The largest absolute Gasteiger partial charge is 0.0642 e. The van der Waals surface area contributed by atoms with Gasteiger partial charge in [0.2, 0.25) is 0 Å². The van der Waals surface area contributed by atoms with Gasteiger partial charge in [0.15, 0.2) is 0 Å². The normalized spacial score (nSPS) is 14.3. The maximum Gasteiger partial charge on any atom is 0.0216 e. The second-order valence-electron chi connectivity index (χ2n) is 6.43. The highest BCUT2D eigenvalue weighted by Gasteiger charge is 2.41. The number of fused-ring (bicyclic) bond motifs is 3. The molecule has 0 bridgehead atoms. The molecule has 0 unspecified atom stereocenters.